The van der Waals surface area contributed by atoms with Gasteiger partial charge >= 0.3 is 0 Å². The molecule has 5 nitrogen and oxygen atoms in total. The molecule has 1 heterocycles. The van der Waals surface area contributed by atoms with E-state index in [0.717, 1.165) is 35.3 Å². The number of benzene rings is 2. The van der Waals surface area contributed by atoms with Crippen molar-refractivity contribution in [3.63, 3.8) is 0 Å². The van der Waals surface area contributed by atoms with Crippen LogP contribution in [-0.4, -0.2) is 29.9 Å². The van der Waals surface area contributed by atoms with Gasteiger partial charge in [-0.25, -0.2) is 0 Å². The van der Waals surface area contributed by atoms with Crippen LogP contribution in [0.1, 0.15) is 59.6 Å². The van der Waals surface area contributed by atoms with Crippen molar-refractivity contribution in [3.05, 3.63) is 65.2 Å². The van der Waals surface area contributed by atoms with Gasteiger partial charge in [-0.3, -0.25) is 9.59 Å². The smallest absolute Gasteiger partial charge is 0.255 e. The first-order valence-electron chi connectivity index (χ1n) is 9.98. The Morgan fingerprint density at radius 2 is 1.86 bits per heavy atom. The average molecular weight is 378 g/mol. The second-order valence-corrected chi connectivity index (χ2v) is 7.63. The summed E-state index contributed by atoms with van der Waals surface area (Å²) in [7, 11) is 1.63. The highest BCUT2D eigenvalue weighted by Gasteiger charge is 2.34. The number of ether oxygens (including phenoxy) is 1. The van der Waals surface area contributed by atoms with Gasteiger partial charge < -0.3 is 15.0 Å². The van der Waals surface area contributed by atoms with Crippen LogP contribution in [-0.2, 0) is 11.3 Å². The molecule has 1 aliphatic carbocycles. The Morgan fingerprint density at radius 1 is 1.14 bits per heavy atom. The highest BCUT2D eigenvalue weighted by Crippen LogP contribution is 2.34. The van der Waals surface area contributed by atoms with Crippen LogP contribution in [0.5, 0.6) is 5.75 Å². The topological polar surface area (TPSA) is 58.6 Å². The third-order valence-electron chi connectivity index (χ3n) is 5.83. The SMILES string of the molecule is COc1ccc([C@H](CC(=O)NC2CCCC2)N2Cc3ccccc3C2=O)cc1. The minimum atomic E-state index is -0.299. The van der Waals surface area contributed by atoms with Crippen molar-refractivity contribution in [2.45, 2.75) is 50.7 Å². The van der Waals surface area contributed by atoms with Crippen LogP contribution in [0.4, 0.5) is 0 Å². The fourth-order valence-corrected chi connectivity index (χ4v) is 4.29. The van der Waals surface area contributed by atoms with E-state index >= 15 is 0 Å². The standard InChI is InChI=1S/C23H26N2O3/c1-28-19-12-10-16(11-13-19)21(14-22(26)24-18-7-3-4-8-18)25-15-17-6-2-5-9-20(17)23(25)27/h2,5-6,9-13,18,21H,3-4,7-8,14-15H2,1H3,(H,24,26)/t21-/m0/s1. The summed E-state index contributed by atoms with van der Waals surface area (Å²) in [4.78, 5) is 27.6. The number of nitrogens with one attached hydrogen (secondary N) is 1. The van der Waals surface area contributed by atoms with E-state index in [-0.39, 0.29) is 30.3 Å². The predicted molar refractivity (Wildman–Crippen MR) is 107 cm³/mol. The molecule has 0 unspecified atom stereocenters. The van der Waals surface area contributed by atoms with Crippen molar-refractivity contribution in [2.75, 3.05) is 7.11 Å². The molecule has 5 heteroatoms. The molecule has 2 aliphatic rings. The number of nitrogens with zero attached hydrogens (tertiary/aromatic N) is 1. The van der Waals surface area contributed by atoms with Gasteiger partial charge in [0.15, 0.2) is 0 Å². The van der Waals surface area contributed by atoms with Crippen LogP contribution in [0.3, 0.4) is 0 Å². The summed E-state index contributed by atoms with van der Waals surface area (Å²) in [6.45, 7) is 0.530. The van der Waals surface area contributed by atoms with Crippen molar-refractivity contribution in [1.82, 2.24) is 10.2 Å². The minimum absolute atomic E-state index is 0.00918. The van der Waals surface area contributed by atoms with Crippen molar-refractivity contribution in [1.29, 1.82) is 0 Å². The fourth-order valence-electron chi connectivity index (χ4n) is 4.29. The van der Waals surface area contributed by atoms with E-state index in [1.807, 2.05) is 53.4 Å². The molecule has 2 amide bonds. The van der Waals surface area contributed by atoms with Gasteiger partial charge in [0.05, 0.1) is 19.6 Å². The minimum Gasteiger partial charge on any atom is -0.497 e. The van der Waals surface area contributed by atoms with Crippen LogP contribution < -0.4 is 10.1 Å². The molecule has 1 saturated carbocycles. The number of carbonyl (C=O) groups excluding carboxylic acids is 2. The molecule has 4 rings (SSSR count). The Morgan fingerprint density at radius 3 is 2.54 bits per heavy atom. The van der Waals surface area contributed by atoms with E-state index < -0.39 is 0 Å². The predicted octanol–water partition coefficient (Wildman–Crippen LogP) is 3.84. The van der Waals surface area contributed by atoms with Gasteiger partial charge in [0, 0.05) is 18.2 Å². The van der Waals surface area contributed by atoms with Gasteiger partial charge in [0.25, 0.3) is 5.91 Å². The quantitative estimate of drug-likeness (QED) is 0.831. The Bertz CT molecular complexity index is 856. The van der Waals surface area contributed by atoms with Gasteiger partial charge in [0.2, 0.25) is 5.91 Å². The van der Waals surface area contributed by atoms with E-state index in [4.69, 9.17) is 4.74 Å². The summed E-state index contributed by atoms with van der Waals surface area (Å²) >= 11 is 0. The fraction of sp³-hybridized carbons (Fsp3) is 0.391. The Labute approximate surface area is 165 Å². The van der Waals surface area contributed by atoms with E-state index in [9.17, 15) is 9.59 Å². The molecule has 28 heavy (non-hydrogen) atoms. The largest absolute Gasteiger partial charge is 0.497 e. The van der Waals surface area contributed by atoms with Gasteiger partial charge in [0.1, 0.15) is 5.75 Å². The van der Waals surface area contributed by atoms with Crippen LogP contribution >= 0.6 is 0 Å². The lowest BCUT2D eigenvalue weighted by molar-refractivity contribution is -0.122. The number of methoxy groups -OCH3 is 1. The van der Waals surface area contributed by atoms with Gasteiger partial charge in [-0.15, -0.1) is 0 Å². The monoisotopic (exact) mass is 378 g/mol. The van der Waals surface area contributed by atoms with Crippen LogP contribution in [0, 0.1) is 0 Å². The molecule has 146 valence electrons. The Kier molecular flexibility index (Phi) is 5.33. The van der Waals surface area contributed by atoms with Gasteiger partial charge in [-0.2, -0.15) is 0 Å². The van der Waals surface area contributed by atoms with Gasteiger partial charge in [-0.1, -0.05) is 43.2 Å². The molecule has 0 saturated heterocycles. The van der Waals surface area contributed by atoms with Gasteiger partial charge in [-0.05, 0) is 42.2 Å². The maximum Gasteiger partial charge on any atom is 0.255 e. The van der Waals surface area contributed by atoms with Crippen LogP contribution in [0.2, 0.25) is 0 Å². The summed E-state index contributed by atoms with van der Waals surface area (Å²) in [5.74, 6) is 0.760. The molecule has 0 bridgehead atoms. The van der Waals surface area contributed by atoms with E-state index in [1.54, 1.807) is 7.11 Å². The summed E-state index contributed by atoms with van der Waals surface area (Å²) in [5, 5.41) is 3.16. The first-order valence-corrected chi connectivity index (χ1v) is 9.98. The number of fused-ring (bicyclic) bond motifs is 1. The molecular formula is C23H26N2O3. The summed E-state index contributed by atoms with van der Waals surface area (Å²) in [5.41, 5.74) is 2.70. The zero-order valence-corrected chi connectivity index (χ0v) is 16.2. The Balaban J connectivity index is 1.58. The van der Waals surface area contributed by atoms with E-state index in [2.05, 4.69) is 5.32 Å². The molecule has 2 aromatic rings. The van der Waals surface area contributed by atoms with Crippen molar-refractivity contribution in [2.24, 2.45) is 0 Å². The molecule has 0 spiro atoms. The van der Waals surface area contributed by atoms with Crippen LogP contribution in [0.15, 0.2) is 48.5 Å². The average Bonchev–Trinajstić information content (AvgIpc) is 3.34. The van der Waals surface area contributed by atoms with Crippen molar-refractivity contribution >= 4 is 11.8 Å². The zero-order valence-electron chi connectivity index (χ0n) is 16.2. The highest BCUT2D eigenvalue weighted by atomic mass is 16.5. The first kappa shape index (κ1) is 18.5. The summed E-state index contributed by atoms with van der Waals surface area (Å²) in [6, 6.07) is 15.3. The molecule has 1 N–H and O–H groups in total. The van der Waals surface area contributed by atoms with E-state index in [1.165, 1.54) is 12.8 Å². The molecule has 1 fully saturated rings. The molecule has 0 aromatic heterocycles. The number of rotatable bonds is 6. The van der Waals surface area contributed by atoms with Crippen LogP contribution in [0.25, 0.3) is 0 Å². The normalized spacial score (nSPS) is 17.5. The maximum atomic E-state index is 13.0. The molecule has 0 radical (unpaired) electrons. The highest BCUT2D eigenvalue weighted by molar-refractivity contribution is 5.98. The number of hydrogen-bond donors (Lipinski definition) is 1. The lowest BCUT2D eigenvalue weighted by Gasteiger charge is -2.28. The summed E-state index contributed by atoms with van der Waals surface area (Å²) < 4.78 is 5.26. The summed E-state index contributed by atoms with van der Waals surface area (Å²) in [6.07, 6.45) is 4.71. The third-order valence-corrected chi connectivity index (χ3v) is 5.83. The lowest BCUT2D eigenvalue weighted by Crippen LogP contribution is -2.37. The molecule has 1 aliphatic heterocycles. The second kappa shape index (κ2) is 8.05. The first-order chi connectivity index (χ1) is 13.7. The number of carbonyl (C=O) groups is 2. The molecular weight excluding hydrogens is 352 g/mol. The zero-order chi connectivity index (χ0) is 19.5. The van der Waals surface area contributed by atoms with Crippen molar-refractivity contribution in [3.8, 4) is 5.75 Å². The molecule has 1 atom stereocenters. The number of amides is 2. The van der Waals surface area contributed by atoms with E-state index in [0.29, 0.717) is 6.54 Å². The second-order valence-electron chi connectivity index (χ2n) is 7.63. The maximum absolute atomic E-state index is 13.0. The lowest BCUT2D eigenvalue weighted by atomic mass is 10.0. The van der Waals surface area contributed by atoms with Crippen molar-refractivity contribution < 1.29 is 14.3 Å². The Hall–Kier alpha value is -2.82. The third kappa shape index (κ3) is 3.75. The molecule has 2 aromatic carbocycles. The number of hydrogen-bond acceptors (Lipinski definition) is 3.